The zero-order valence-electron chi connectivity index (χ0n) is 17.4. The molecule has 0 saturated heterocycles. The second kappa shape index (κ2) is 10.1. The standard InChI is InChI=1S/C20H33N5O3/c1-15-8-13-28-16(15)17(26)22-11-7-12-23-19(21-2)24-14-20(9-5-6-10-20)18(27)25(3)4/h8,13H,5-7,9-12,14H2,1-4H3,(H,22,26)(H2,21,23,24). The number of aryl methyl sites for hydroxylation is 1. The van der Waals surface area contributed by atoms with E-state index in [-0.39, 0.29) is 17.2 Å². The number of amides is 2. The molecule has 0 radical (unpaired) electrons. The van der Waals surface area contributed by atoms with E-state index in [1.807, 2.05) is 21.0 Å². The van der Waals surface area contributed by atoms with Gasteiger partial charge >= 0.3 is 0 Å². The first kappa shape index (κ1) is 21.8. The summed E-state index contributed by atoms with van der Waals surface area (Å²) in [6.07, 6.45) is 6.25. The van der Waals surface area contributed by atoms with Crippen LogP contribution in [0.1, 0.15) is 48.2 Å². The SMILES string of the molecule is CN=C(NCCCNC(=O)c1occc1C)NCC1(C(=O)N(C)C)CCCC1. The molecular weight excluding hydrogens is 358 g/mol. The Kier molecular flexibility index (Phi) is 7.90. The molecule has 1 aliphatic rings. The van der Waals surface area contributed by atoms with Crippen LogP contribution in [0.2, 0.25) is 0 Å². The maximum atomic E-state index is 12.6. The molecule has 0 aromatic carbocycles. The van der Waals surface area contributed by atoms with Crippen molar-refractivity contribution in [1.82, 2.24) is 20.9 Å². The van der Waals surface area contributed by atoms with Crippen molar-refractivity contribution in [2.75, 3.05) is 40.8 Å². The highest BCUT2D eigenvalue weighted by atomic mass is 16.3. The molecule has 156 valence electrons. The molecule has 28 heavy (non-hydrogen) atoms. The van der Waals surface area contributed by atoms with Crippen molar-refractivity contribution in [1.29, 1.82) is 0 Å². The lowest BCUT2D eigenvalue weighted by molar-refractivity contribution is -0.138. The first-order chi connectivity index (χ1) is 13.4. The van der Waals surface area contributed by atoms with Gasteiger partial charge in [0, 0.05) is 46.3 Å². The van der Waals surface area contributed by atoms with Crippen molar-refractivity contribution >= 4 is 17.8 Å². The molecule has 0 bridgehead atoms. The number of furan rings is 1. The molecule has 1 fully saturated rings. The average Bonchev–Trinajstić information content (AvgIpc) is 3.32. The van der Waals surface area contributed by atoms with E-state index in [0.717, 1.165) is 37.7 Å². The van der Waals surface area contributed by atoms with Crippen molar-refractivity contribution in [2.24, 2.45) is 10.4 Å². The van der Waals surface area contributed by atoms with Gasteiger partial charge in [-0.2, -0.15) is 0 Å². The van der Waals surface area contributed by atoms with E-state index in [1.54, 1.807) is 18.0 Å². The van der Waals surface area contributed by atoms with Gasteiger partial charge in [-0.3, -0.25) is 14.6 Å². The van der Waals surface area contributed by atoms with Crippen LogP contribution in [-0.2, 0) is 4.79 Å². The Morgan fingerprint density at radius 3 is 2.43 bits per heavy atom. The molecule has 0 spiro atoms. The highest BCUT2D eigenvalue weighted by Crippen LogP contribution is 2.38. The molecule has 0 atom stereocenters. The maximum absolute atomic E-state index is 12.6. The topological polar surface area (TPSA) is 99.0 Å². The number of hydrogen-bond acceptors (Lipinski definition) is 4. The van der Waals surface area contributed by atoms with E-state index in [2.05, 4.69) is 20.9 Å². The first-order valence-electron chi connectivity index (χ1n) is 9.88. The second-order valence-corrected chi connectivity index (χ2v) is 7.58. The Labute approximate surface area is 167 Å². The summed E-state index contributed by atoms with van der Waals surface area (Å²) >= 11 is 0. The fourth-order valence-corrected chi connectivity index (χ4v) is 3.65. The number of carbonyl (C=O) groups excluding carboxylic acids is 2. The van der Waals surface area contributed by atoms with Crippen LogP contribution in [0.5, 0.6) is 0 Å². The summed E-state index contributed by atoms with van der Waals surface area (Å²) in [6.45, 7) is 3.61. The smallest absolute Gasteiger partial charge is 0.287 e. The average molecular weight is 392 g/mol. The lowest BCUT2D eigenvalue weighted by Gasteiger charge is -2.31. The summed E-state index contributed by atoms with van der Waals surface area (Å²) in [6, 6.07) is 1.77. The third-order valence-electron chi connectivity index (χ3n) is 5.24. The summed E-state index contributed by atoms with van der Waals surface area (Å²) in [4.78, 5) is 30.5. The normalized spacial score (nSPS) is 15.9. The van der Waals surface area contributed by atoms with Crippen molar-refractivity contribution in [2.45, 2.75) is 39.0 Å². The minimum Gasteiger partial charge on any atom is -0.459 e. The maximum Gasteiger partial charge on any atom is 0.287 e. The fourth-order valence-electron chi connectivity index (χ4n) is 3.65. The molecule has 2 amide bonds. The van der Waals surface area contributed by atoms with Gasteiger partial charge in [0.1, 0.15) is 0 Å². The first-order valence-corrected chi connectivity index (χ1v) is 9.88. The predicted octanol–water partition coefficient (Wildman–Crippen LogP) is 1.52. The van der Waals surface area contributed by atoms with Crippen LogP contribution in [0.4, 0.5) is 0 Å². The highest BCUT2D eigenvalue weighted by Gasteiger charge is 2.42. The van der Waals surface area contributed by atoms with E-state index in [9.17, 15) is 9.59 Å². The third kappa shape index (κ3) is 5.50. The van der Waals surface area contributed by atoms with E-state index < -0.39 is 0 Å². The Balaban J connectivity index is 1.72. The molecular formula is C20H33N5O3. The Hall–Kier alpha value is -2.51. The van der Waals surface area contributed by atoms with E-state index in [4.69, 9.17) is 4.42 Å². The zero-order valence-corrected chi connectivity index (χ0v) is 17.4. The number of aliphatic imine (C=N–C) groups is 1. The van der Waals surface area contributed by atoms with Crippen molar-refractivity contribution < 1.29 is 14.0 Å². The predicted molar refractivity (Wildman–Crippen MR) is 109 cm³/mol. The third-order valence-corrected chi connectivity index (χ3v) is 5.24. The lowest BCUT2D eigenvalue weighted by atomic mass is 9.84. The summed E-state index contributed by atoms with van der Waals surface area (Å²) in [7, 11) is 5.34. The van der Waals surface area contributed by atoms with Crippen molar-refractivity contribution in [3.63, 3.8) is 0 Å². The van der Waals surface area contributed by atoms with Crippen molar-refractivity contribution in [3.05, 3.63) is 23.7 Å². The van der Waals surface area contributed by atoms with Gasteiger partial charge < -0.3 is 25.3 Å². The van der Waals surface area contributed by atoms with E-state index in [1.165, 1.54) is 6.26 Å². The van der Waals surface area contributed by atoms with Gasteiger partial charge in [0.15, 0.2) is 11.7 Å². The van der Waals surface area contributed by atoms with Gasteiger partial charge in [0.05, 0.1) is 11.7 Å². The Morgan fingerprint density at radius 1 is 1.18 bits per heavy atom. The van der Waals surface area contributed by atoms with Gasteiger partial charge in [-0.25, -0.2) is 0 Å². The summed E-state index contributed by atoms with van der Waals surface area (Å²) < 4.78 is 5.18. The molecule has 1 saturated carbocycles. The number of guanidine groups is 1. The molecule has 8 heteroatoms. The van der Waals surface area contributed by atoms with Gasteiger partial charge in [-0.1, -0.05) is 12.8 Å². The van der Waals surface area contributed by atoms with Gasteiger partial charge in [-0.15, -0.1) is 0 Å². The molecule has 1 aromatic rings. The summed E-state index contributed by atoms with van der Waals surface area (Å²) in [5.74, 6) is 1.02. The number of hydrogen-bond donors (Lipinski definition) is 3. The fraction of sp³-hybridized carbons (Fsp3) is 0.650. The van der Waals surface area contributed by atoms with Crippen LogP contribution in [-0.4, -0.2) is 63.5 Å². The molecule has 0 unspecified atom stereocenters. The monoisotopic (exact) mass is 391 g/mol. The molecule has 0 aliphatic heterocycles. The second-order valence-electron chi connectivity index (χ2n) is 7.58. The number of nitrogens with one attached hydrogen (secondary N) is 3. The van der Waals surface area contributed by atoms with E-state index >= 15 is 0 Å². The number of nitrogens with zero attached hydrogens (tertiary/aromatic N) is 2. The number of carbonyl (C=O) groups is 2. The van der Waals surface area contributed by atoms with Gasteiger partial charge in [0.25, 0.3) is 5.91 Å². The lowest BCUT2D eigenvalue weighted by Crippen LogP contribution is -2.49. The van der Waals surface area contributed by atoms with Crippen LogP contribution < -0.4 is 16.0 Å². The zero-order chi connectivity index (χ0) is 20.6. The van der Waals surface area contributed by atoms with E-state index in [0.29, 0.717) is 31.4 Å². The number of rotatable bonds is 8. The molecule has 8 nitrogen and oxygen atoms in total. The largest absolute Gasteiger partial charge is 0.459 e. The minimum absolute atomic E-state index is 0.184. The van der Waals surface area contributed by atoms with Crippen LogP contribution >= 0.6 is 0 Å². The Morgan fingerprint density at radius 2 is 1.86 bits per heavy atom. The Bertz CT molecular complexity index is 690. The summed E-state index contributed by atoms with van der Waals surface area (Å²) in [5.41, 5.74) is 0.490. The van der Waals surface area contributed by atoms with Crippen LogP contribution in [0.15, 0.2) is 21.7 Å². The molecule has 2 rings (SSSR count). The minimum atomic E-state index is -0.337. The molecule has 1 heterocycles. The van der Waals surface area contributed by atoms with Gasteiger partial charge in [-0.05, 0) is 32.3 Å². The van der Waals surface area contributed by atoms with Crippen molar-refractivity contribution in [3.8, 4) is 0 Å². The molecule has 1 aromatic heterocycles. The molecule has 1 aliphatic carbocycles. The van der Waals surface area contributed by atoms with Gasteiger partial charge in [0.2, 0.25) is 5.91 Å². The quantitative estimate of drug-likeness (QED) is 0.355. The van der Waals surface area contributed by atoms with Crippen LogP contribution in [0.25, 0.3) is 0 Å². The van der Waals surface area contributed by atoms with Crippen LogP contribution in [0, 0.1) is 12.3 Å². The van der Waals surface area contributed by atoms with Crippen LogP contribution in [0.3, 0.4) is 0 Å². The summed E-state index contributed by atoms with van der Waals surface area (Å²) in [5, 5.41) is 9.39. The molecule has 3 N–H and O–H groups in total. The highest BCUT2D eigenvalue weighted by molar-refractivity contribution is 5.92.